The molecule has 0 saturated heterocycles. The van der Waals surface area contributed by atoms with E-state index in [1.54, 1.807) is 0 Å². The molecule has 0 heterocycles. The molecule has 0 amide bonds. The van der Waals surface area contributed by atoms with Gasteiger partial charge in [0.05, 0.1) is 0 Å². The molecule has 0 aliphatic heterocycles. The summed E-state index contributed by atoms with van der Waals surface area (Å²) in [5.41, 5.74) is 0. The zero-order chi connectivity index (χ0) is 2.71. The van der Waals surface area contributed by atoms with Crippen molar-refractivity contribution in [2.24, 2.45) is 11.8 Å². The predicted octanol–water partition coefficient (Wildman–Crippen LogP) is -1.90. The van der Waals surface area contributed by atoms with Crippen LogP contribution in [0.25, 0.3) is 0 Å². The van der Waals surface area contributed by atoms with E-state index >= 15 is 0 Å². The summed E-state index contributed by atoms with van der Waals surface area (Å²) in [5.74, 6) is 8.25. The Morgan fingerprint density at radius 1 is 1.25 bits per heavy atom. The molecule has 4 N–H and O–H groups in total. The summed E-state index contributed by atoms with van der Waals surface area (Å²) in [7, 11) is 0. The van der Waals surface area contributed by atoms with E-state index in [0.717, 1.165) is 0 Å². The first-order chi connectivity index (χ1) is 1.41. The van der Waals surface area contributed by atoms with Gasteiger partial charge in [0, 0.05) is 0 Å². The number of hydrogen-bond donors (Lipinski definition) is 2. The molecular formula is H5N2NaO. The maximum absolute atomic E-state index is 4.12. The topological polar surface area (TPSA) is 61.3 Å². The summed E-state index contributed by atoms with van der Waals surface area (Å²) in [6.07, 6.45) is 0. The molecule has 22 valence electrons. The first-order valence-electron chi connectivity index (χ1n) is 0.471. The second-order valence-corrected chi connectivity index (χ2v) is 0.136. The summed E-state index contributed by atoms with van der Waals surface area (Å²) in [6.45, 7) is 0. The van der Waals surface area contributed by atoms with E-state index in [-0.39, 0.29) is 29.6 Å². The minimum absolute atomic E-state index is 0. The summed E-state index contributed by atoms with van der Waals surface area (Å²) in [4.78, 5) is 3.25. The van der Waals surface area contributed by atoms with Gasteiger partial charge in [-0.15, -0.1) is 0 Å². The standard InChI is InChI=1S/H4N2O.Na.H/c1-3-2;;/h1-2H2;;. The van der Waals surface area contributed by atoms with Crippen LogP contribution in [-0.2, 0) is 4.94 Å². The van der Waals surface area contributed by atoms with Gasteiger partial charge < -0.3 is 0 Å². The summed E-state index contributed by atoms with van der Waals surface area (Å²) < 4.78 is 0. The van der Waals surface area contributed by atoms with Crippen LogP contribution in [0.2, 0.25) is 0 Å². The van der Waals surface area contributed by atoms with Crippen molar-refractivity contribution in [2.75, 3.05) is 0 Å². The van der Waals surface area contributed by atoms with Crippen LogP contribution in [0, 0.1) is 0 Å². The summed E-state index contributed by atoms with van der Waals surface area (Å²) >= 11 is 0. The van der Waals surface area contributed by atoms with Crippen molar-refractivity contribution in [1.82, 2.24) is 0 Å². The van der Waals surface area contributed by atoms with Gasteiger partial charge in [-0.2, -0.15) is 11.8 Å². The third kappa shape index (κ3) is 13.1. The second-order valence-electron chi connectivity index (χ2n) is 0.136. The quantitative estimate of drug-likeness (QED) is 0.259. The van der Waals surface area contributed by atoms with Gasteiger partial charge >= 0.3 is 29.6 Å². The molecule has 4 heteroatoms. The Morgan fingerprint density at radius 2 is 1.25 bits per heavy atom. The molecule has 0 bridgehead atoms. The van der Waals surface area contributed by atoms with Crippen molar-refractivity contribution in [1.29, 1.82) is 0 Å². The van der Waals surface area contributed by atoms with Crippen LogP contribution in [-0.4, -0.2) is 29.6 Å². The van der Waals surface area contributed by atoms with Crippen LogP contribution in [0.1, 0.15) is 0 Å². The molecule has 0 radical (unpaired) electrons. The third-order valence-electron chi connectivity index (χ3n) is 0. The van der Waals surface area contributed by atoms with E-state index in [0.29, 0.717) is 0 Å². The molecule has 0 aliphatic rings. The molecule has 3 nitrogen and oxygen atoms in total. The molecule has 4 heavy (non-hydrogen) atoms. The Labute approximate surface area is 46.5 Å². The van der Waals surface area contributed by atoms with Gasteiger partial charge in [0.2, 0.25) is 0 Å². The molecule has 0 saturated carbocycles. The van der Waals surface area contributed by atoms with Crippen LogP contribution in [0.3, 0.4) is 0 Å². The van der Waals surface area contributed by atoms with Crippen LogP contribution < -0.4 is 11.8 Å². The SMILES string of the molecule is NON.[NaH]. The molecule has 0 fully saturated rings. The van der Waals surface area contributed by atoms with Gasteiger partial charge in [0.25, 0.3) is 0 Å². The zero-order valence-corrected chi connectivity index (χ0v) is 1.56. The molecule has 0 aromatic heterocycles. The van der Waals surface area contributed by atoms with Gasteiger partial charge in [-0.1, -0.05) is 0 Å². The molecule has 0 aromatic carbocycles. The Bertz CT molecular complexity index is 6.00. The Morgan fingerprint density at radius 3 is 1.25 bits per heavy atom. The van der Waals surface area contributed by atoms with Gasteiger partial charge in [0.1, 0.15) is 0 Å². The summed E-state index contributed by atoms with van der Waals surface area (Å²) in [5, 5.41) is 0. The average molecular weight is 72.0 g/mol. The van der Waals surface area contributed by atoms with E-state index < -0.39 is 0 Å². The Balaban J connectivity index is 0. The number of nitrogens with two attached hydrogens (primary N) is 2. The van der Waals surface area contributed by atoms with Gasteiger partial charge in [-0.05, 0) is 0 Å². The molecule has 0 aromatic rings. The van der Waals surface area contributed by atoms with Crippen molar-refractivity contribution in [2.45, 2.75) is 0 Å². The van der Waals surface area contributed by atoms with Gasteiger partial charge in [-0.3, -0.25) is 0 Å². The van der Waals surface area contributed by atoms with Crippen molar-refractivity contribution in [3.8, 4) is 0 Å². The van der Waals surface area contributed by atoms with E-state index in [2.05, 4.69) is 16.7 Å². The number of hydrogen-bond acceptors (Lipinski definition) is 3. The Hall–Kier alpha value is 0.880. The van der Waals surface area contributed by atoms with Crippen LogP contribution in [0.15, 0.2) is 0 Å². The van der Waals surface area contributed by atoms with Gasteiger partial charge in [-0.25, -0.2) is 4.94 Å². The van der Waals surface area contributed by atoms with Crippen molar-refractivity contribution in [3.63, 3.8) is 0 Å². The molecule has 0 spiro atoms. The van der Waals surface area contributed by atoms with Crippen LogP contribution >= 0.6 is 0 Å². The first-order valence-corrected chi connectivity index (χ1v) is 0.471. The third-order valence-corrected chi connectivity index (χ3v) is 0. The molecular weight excluding hydrogens is 67.0 g/mol. The second kappa shape index (κ2) is 9.11. The first kappa shape index (κ1) is 8.86. The molecule has 0 atom stereocenters. The number of rotatable bonds is 0. The monoisotopic (exact) mass is 72.0 g/mol. The molecule has 0 rings (SSSR count). The normalized spacial score (nSPS) is 4.50. The van der Waals surface area contributed by atoms with Crippen molar-refractivity contribution >= 4 is 29.6 Å². The van der Waals surface area contributed by atoms with Crippen LogP contribution in [0.4, 0.5) is 0 Å². The maximum atomic E-state index is 4.12. The fraction of sp³-hybridized carbons (Fsp3) is 0. The minimum atomic E-state index is 0. The predicted molar refractivity (Wildman–Crippen MR) is 16.6 cm³/mol. The fourth-order valence-electron chi connectivity index (χ4n) is 0. The fourth-order valence-corrected chi connectivity index (χ4v) is 0. The van der Waals surface area contributed by atoms with E-state index in [9.17, 15) is 0 Å². The van der Waals surface area contributed by atoms with Crippen LogP contribution in [0.5, 0.6) is 0 Å². The molecule has 0 aliphatic carbocycles. The Kier molecular flexibility index (Phi) is 20.2. The average Bonchev–Trinajstić information content (AvgIpc) is 0.918. The van der Waals surface area contributed by atoms with Crippen molar-refractivity contribution in [3.05, 3.63) is 0 Å². The summed E-state index contributed by atoms with van der Waals surface area (Å²) in [6, 6.07) is 0. The van der Waals surface area contributed by atoms with E-state index in [4.69, 9.17) is 0 Å². The van der Waals surface area contributed by atoms with E-state index in [1.165, 1.54) is 0 Å². The van der Waals surface area contributed by atoms with Crippen molar-refractivity contribution < 1.29 is 4.94 Å². The zero-order valence-electron chi connectivity index (χ0n) is 1.56. The van der Waals surface area contributed by atoms with E-state index in [1.807, 2.05) is 0 Å². The van der Waals surface area contributed by atoms with Gasteiger partial charge in [0.15, 0.2) is 0 Å². The molecule has 0 unspecified atom stereocenters.